The molecule has 3 rings (SSSR count). The van der Waals surface area contributed by atoms with Gasteiger partial charge in [0, 0.05) is 22.1 Å². The quantitative estimate of drug-likeness (QED) is 0.796. The summed E-state index contributed by atoms with van der Waals surface area (Å²) < 4.78 is 1.43. The van der Waals surface area contributed by atoms with Crippen molar-refractivity contribution < 1.29 is 9.59 Å². The standard InChI is InChI=1S/C20H26N6O2S/c1-6-14-12(2)22-18(24-17(14)27)26-16(10-15(25-26)20(3,4)5)23-19(28)21-11-13-8-7-9-29-13/h7-10,14H,6,11H2,1-5H3,(H2,21,23,28). The fourth-order valence-electron chi connectivity index (χ4n) is 2.91. The lowest BCUT2D eigenvalue weighted by Gasteiger charge is -2.18. The molecule has 0 aromatic carbocycles. The SMILES string of the molecule is CCC1C(=O)N=C(n2nc(C(C)(C)C)cc2NC(=O)NCc2cccs2)N=C1C. The molecular formula is C20H26N6O2S. The minimum atomic E-state index is -0.366. The number of nitrogens with zero attached hydrogens (tertiary/aromatic N) is 4. The number of nitrogens with one attached hydrogen (secondary N) is 2. The second-order valence-corrected chi connectivity index (χ2v) is 8.96. The van der Waals surface area contributed by atoms with Gasteiger partial charge in [-0.05, 0) is 24.8 Å². The van der Waals surface area contributed by atoms with Gasteiger partial charge in [-0.1, -0.05) is 33.8 Å². The van der Waals surface area contributed by atoms with E-state index in [9.17, 15) is 9.59 Å². The first-order valence-electron chi connectivity index (χ1n) is 9.55. The van der Waals surface area contributed by atoms with Crippen molar-refractivity contribution in [2.24, 2.45) is 15.9 Å². The molecule has 3 amide bonds. The van der Waals surface area contributed by atoms with Gasteiger partial charge in [0.15, 0.2) is 0 Å². The fourth-order valence-corrected chi connectivity index (χ4v) is 3.56. The van der Waals surface area contributed by atoms with Crippen LogP contribution in [0.3, 0.4) is 0 Å². The van der Waals surface area contributed by atoms with Crippen molar-refractivity contribution >= 4 is 40.8 Å². The highest BCUT2D eigenvalue weighted by Crippen LogP contribution is 2.25. The van der Waals surface area contributed by atoms with Gasteiger partial charge in [-0.25, -0.2) is 9.79 Å². The van der Waals surface area contributed by atoms with Crippen molar-refractivity contribution in [3.05, 3.63) is 34.2 Å². The number of amides is 3. The maximum absolute atomic E-state index is 12.4. The molecule has 0 fully saturated rings. The molecule has 8 nitrogen and oxygen atoms in total. The van der Waals surface area contributed by atoms with Crippen LogP contribution in [-0.4, -0.2) is 33.4 Å². The van der Waals surface area contributed by atoms with E-state index >= 15 is 0 Å². The van der Waals surface area contributed by atoms with E-state index in [1.807, 2.05) is 52.1 Å². The Kier molecular flexibility index (Phi) is 5.97. The maximum atomic E-state index is 12.4. The monoisotopic (exact) mass is 414 g/mol. The van der Waals surface area contributed by atoms with E-state index < -0.39 is 0 Å². The van der Waals surface area contributed by atoms with Gasteiger partial charge in [-0.3, -0.25) is 10.1 Å². The third-order valence-electron chi connectivity index (χ3n) is 4.61. The summed E-state index contributed by atoms with van der Waals surface area (Å²) in [4.78, 5) is 34.5. The molecule has 1 aliphatic rings. The van der Waals surface area contributed by atoms with Crippen LogP contribution in [0.15, 0.2) is 33.6 Å². The van der Waals surface area contributed by atoms with Gasteiger partial charge in [0.05, 0.1) is 18.2 Å². The largest absolute Gasteiger partial charge is 0.333 e. The van der Waals surface area contributed by atoms with Gasteiger partial charge in [0.2, 0.25) is 0 Å². The predicted octanol–water partition coefficient (Wildman–Crippen LogP) is 3.80. The van der Waals surface area contributed by atoms with Gasteiger partial charge in [0.25, 0.3) is 11.9 Å². The molecule has 0 bridgehead atoms. The molecule has 1 unspecified atom stereocenters. The highest BCUT2D eigenvalue weighted by molar-refractivity contribution is 7.09. The number of carbonyl (C=O) groups excluding carboxylic acids is 2. The van der Waals surface area contributed by atoms with Gasteiger partial charge in [0.1, 0.15) is 5.82 Å². The predicted molar refractivity (Wildman–Crippen MR) is 116 cm³/mol. The van der Waals surface area contributed by atoms with E-state index in [2.05, 4.69) is 25.7 Å². The molecule has 2 aromatic rings. The summed E-state index contributed by atoms with van der Waals surface area (Å²) in [6.07, 6.45) is 0.646. The average Bonchev–Trinajstić information content (AvgIpc) is 3.29. The van der Waals surface area contributed by atoms with Crippen molar-refractivity contribution in [2.75, 3.05) is 5.32 Å². The number of rotatable bonds is 4. The first kappa shape index (κ1) is 20.9. The number of aliphatic imine (C=N–C) groups is 2. The van der Waals surface area contributed by atoms with Crippen LogP contribution < -0.4 is 10.6 Å². The summed E-state index contributed by atoms with van der Waals surface area (Å²) in [5, 5.41) is 12.2. The summed E-state index contributed by atoms with van der Waals surface area (Å²) in [6.45, 7) is 10.2. The van der Waals surface area contributed by atoms with Crippen LogP contribution in [-0.2, 0) is 16.8 Å². The van der Waals surface area contributed by atoms with Crippen LogP contribution in [0.25, 0.3) is 0 Å². The number of thiophene rings is 1. The molecule has 0 saturated carbocycles. The van der Waals surface area contributed by atoms with Crippen LogP contribution in [0.5, 0.6) is 0 Å². The molecule has 0 spiro atoms. The Bertz CT molecular complexity index is 966. The zero-order chi connectivity index (χ0) is 21.2. The Morgan fingerprint density at radius 3 is 2.66 bits per heavy atom. The van der Waals surface area contributed by atoms with Crippen LogP contribution in [0.1, 0.15) is 51.6 Å². The summed E-state index contributed by atoms with van der Waals surface area (Å²) in [5.41, 5.74) is 1.20. The van der Waals surface area contributed by atoms with Crippen molar-refractivity contribution in [2.45, 2.75) is 53.0 Å². The number of anilines is 1. The van der Waals surface area contributed by atoms with E-state index in [1.54, 1.807) is 17.4 Å². The van der Waals surface area contributed by atoms with Crippen LogP contribution >= 0.6 is 11.3 Å². The lowest BCUT2D eigenvalue weighted by Crippen LogP contribution is -2.32. The molecule has 3 heterocycles. The highest BCUT2D eigenvalue weighted by atomic mass is 32.1. The van der Waals surface area contributed by atoms with Crippen molar-refractivity contribution in [1.82, 2.24) is 15.1 Å². The first-order chi connectivity index (χ1) is 13.7. The second kappa shape index (κ2) is 8.28. The topological polar surface area (TPSA) is 101 Å². The minimum Gasteiger partial charge on any atom is -0.333 e. The highest BCUT2D eigenvalue weighted by Gasteiger charge is 2.28. The molecule has 0 aliphatic carbocycles. The molecule has 2 aromatic heterocycles. The Balaban J connectivity index is 1.87. The summed E-state index contributed by atoms with van der Waals surface area (Å²) in [6, 6.07) is 5.31. The summed E-state index contributed by atoms with van der Waals surface area (Å²) in [7, 11) is 0. The Morgan fingerprint density at radius 1 is 1.31 bits per heavy atom. The van der Waals surface area contributed by atoms with Crippen LogP contribution in [0, 0.1) is 5.92 Å². The average molecular weight is 415 g/mol. The summed E-state index contributed by atoms with van der Waals surface area (Å²) in [5.74, 6) is 0.0377. The van der Waals surface area contributed by atoms with E-state index in [4.69, 9.17) is 0 Å². The van der Waals surface area contributed by atoms with E-state index in [-0.39, 0.29) is 29.2 Å². The molecule has 29 heavy (non-hydrogen) atoms. The Hall–Kier alpha value is -2.81. The number of aromatic nitrogens is 2. The molecular weight excluding hydrogens is 388 g/mol. The van der Waals surface area contributed by atoms with Crippen molar-refractivity contribution in [3.63, 3.8) is 0 Å². The lowest BCUT2D eigenvalue weighted by atomic mass is 9.92. The van der Waals surface area contributed by atoms with Crippen LogP contribution in [0.4, 0.5) is 10.6 Å². The van der Waals surface area contributed by atoms with E-state index in [1.165, 1.54) is 4.68 Å². The molecule has 1 atom stereocenters. The Morgan fingerprint density at radius 2 is 2.07 bits per heavy atom. The minimum absolute atomic E-state index is 0.168. The molecule has 2 N–H and O–H groups in total. The van der Waals surface area contributed by atoms with Gasteiger partial charge in [-0.2, -0.15) is 14.8 Å². The maximum Gasteiger partial charge on any atom is 0.320 e. The van der Waals surface area contributed by atoms with Gasteiger partial charge < -0.3 is 5.32 Å². The van der Waals surface area contributed by atoms with Crippen molar-refractivity contribution in [1.29, 1.82) is 0 Å². The Labute approximate surface area is 174 Å². The molecule has 154 valence electrons. The summed E-state index contributed by atoms with van der Waals surface area (Å²) >= 11 is 1.57. The van der Waals surface area contributed by atoms with E-state index in [0.29, 0.717) is 24.5 Å². The molecule has 1 aliphatic heterocycles. The van der Waals surface area contributed by atoms with E-state index in [0.717, 1.165) is 10.6 Å². The zero-order valence-corrected chi connectivity index (χ0v) is 18.1. The fraction of sp³-hybridized carbons (Fsp3) is 0.450. The molecule has 0 saturated heterocycles. The molecule has 9 heteroatoms. The van der Waals surface area contributed by atoms with Crippen LogP contribution in [0.2, 0.25) is 0 Å². The third-order valence-corrected chi connectivity index (χ3v) is 5.49. The normalized spacial score (nSPS) is 17.0. The zero-order valence-electron chi connectivity index (χ0n) is 17.3. The number of carbonyl (C=O) groups is 2. The van der Waals surface area contributed by atoms with Gasteiger partial charge in [-0.15, -0.1) is 11.3 Å². The lowest BCUT2D eigenvalue weighted by molar-refractivity contribution is -0.119. The number of urea groups is 1. The molecule has 0 radical (unpaired) electrons. The third kappa shape index (κ3) is 4.79. The first-order valence-corrected chi connectivity index (χ1v) is 10.4. The number of hydrogen-bond donors (Lipinski definition) is 2. The number of hydrogen-bond acceptors (Lipinski definition) is 5. The van der Waals surface area contributed by atoms with Gasteiger partial charge >= 0.3 is 6.03 Å². The van der Waals surface area contributed by atoms with Crippen molar-refractivity contribution in [3.8, 4) is 0 Å². The second-order valence-electron chi connectivity index (χ2n) is 7.93. The smallest absolute Gasteiger partial charge is 0.320 e.